The van der Waals surface area contributed by atoms with Gasteiger partial charge in [0.2, 0.25) is 0 Å². The number of hydrogen-bond donors (Lipinski definition) is 1. The smallest absolute Gasteiger partial charge is 0.186 e. The minimum atomic E-state index is -0.615. The van der Waals surface area contributed by atoms with Crippen LogP contribution in [0.15, 0.2) is 30.3 Å². The molecule has 0 saturated carbocycles. The Labute approximate surface area is 213 Å². The Hall–Kier alpha value is -1.18. The van der Waals surface area contributed by atoms with Gasteiger partial charge in [-0.05, 0) is 19.4 Å². The number of unbranched alkanes of at least 4 members (excludes halogenated alkanes) is 1. The van der Waals surface area contributed by atoms with E-state index in [1.165, 1.54) is 0 Å². The van der Waals surface area contributed by atoms with Gasteiger partial charge in [-0.1, -0.05) is 30.3 Å². The second kappa shape index (κ2) is 15.3. The number of fused-ring (bicyclic) bond motifs is 3. The van der Waals surface area contributed by atoms with E-state index in [0.717, 1.165) is 38.0 Å². The Kier molecular flexibility index (Phi) is 11.8. The second-order valence-corrected chi connectivity index (χ2v) is 9.12. The molecule has 1 aromatic rings. The zero-order chi connectivity index (χ0) is 25.0. The maximum Gasteiger partial charge on any atom is 0.186 e. The van der Waals surface area contributed by atoms with Crippen molar-refractivity contribution in [2.24, 2.45) is 0 Å². The normalized spacial score (nSPS) is 33.6. The second-order valence-electron chi connectivity index (χ2n) is 9.12. The van der Waals surface area contributed by atoms with E-state index in [4.69, 9.17) is 43.0 Å². The Balaban J connectivity index is 1.40. The van der Waals surface area contributed by atoms with Gasteiger partial charge in [0.15, 0.2) is 12.6 Å². The number of aliphatic hydroxyl groups excluding tert-OH is 1. The first-order chi connectivity index (χ1) is 17.8. The lowest BCUT2D eigenvalue weighted by Crippen LogP contribution is -2.63. The zero-order valence-electron chi connectivity index (χ0n) is 21.2. The summed E-state index contributed by atoms with van der Waals surface area (Å²) in [6.45, 7) is 5.98. The van der Waals surface area contributed by atoms with E-state index < -0.39 is 24.8 Å². The van der Waals surface area contributed by atoms with Crippen LogP contribution < -0.4 is 0 Å². The summed E-state index contributed by atoms with van der Waals surface area (Å²) in [6, 6.07) is 9.85. The fourth-order valence-electron chi connectivity index (χ4n) is 4.74. The standard InChI is InChI=1S/C26H41NO9/c1-29-26-24-23(22-21(35-26)19-34-25(36-22)20-7-3-2-4-8-20)32-17-15-30-13-10-27(9-5-6-12-28)11-14-31-16-18-33-24/h2-4,7-8,21-26,28H,5-6,9-19H2,1H3/t21-,22-,23+,24+,25-,26+/m1/s1. The number of aliphatic hydroxyl groups is 1. The number of rotatable bonds is 6. The number of methoxy groups -OCH3 is 1. The van der Waals surface area contributed by atoms with Crippen LogP contribution in [0, 0.1) is 0 Å². The van der Waals surface area contributed by atoms with Crippen LogP contribution in [0.1, 0.15) is 24.7 Å². The summed E-state index contributed by atoms with van der Waals surface area (Å²) in [7, 11) is 1.60. The van der Waals surface area contributed by atoms with Crippen LogP contribution in [-0.4, -0.2) is 120 Å². The van der Waals surface area contributed by atoms with Gasteiger partial charge in [0.1, 0.15) is 24.4 Å². The number of benzene rings is 1. The van der Waals surface area contributed by atoms with Gasteiger partial charge in [0.05, 0.1) is 46.2 Å². The lowest BCUT2D eigenvalue weighted by Gasteiger charge is -2.48. The van der Waals surface area contributed by atoms with Gasteiger partial charge in [-0.15, -0.1) is 0 Å². The van der Waals surface area contributed by atoms with Gasteiger partial charge in [-0.25, -0.2) is 0 Å². The molecule has 3 aliphatic heterocycles. The molecule has 0 unspecified atom stereocenters. The van der Waals surface area contributed by atoms with Gasteiger partial charge >= 0.3 is 0 Å². The monoisotopic (exact) mass is 511 g/mol. The Morgan fingerprint density at radius 3 is 2.25 bits per heavy atom. The summed E-state index contributed by atoms with van der Waals surface area (Å²) in [4.78, 5) is 2.30. The van der Waals surface area contributed by atoms with Crippen LogP contribution >= 0.6 is 0 Å². The molecular formula is C26H41NO9. The first-order valence-electron chi connectivity index (χ1n) is 13.0. The van der Waals surface area contributed by atoms with Crippen LogP contribution in [0.4, 0.5) is 0 Å². The van der Waals surface area contributed by atoms with Crippen molar-refractivity contribution in [2.75, 3.05) is 79.6 Å². The first-order valence-corrected chi connectivity index (χ1v) is 13.0. The summed E-state index contributed by atoms with van der Waals surface area (Å²) in [5, 5.41) is 9.07. The van der Waals surface area contributed by atoms with Crippen molar-refractivity contribution >= 4 is 0 Å². The molecule has 36 heavy (non-hydrogen) atoms. The average Bonchev–Trinajstić information content (AvgIpc) is 2.92. The quantitative estimate of drug-likeness (QED) is 0.564. The van der Waals surface area contributed by atoms with Gasteiger partial charge in [-0.3, -0.25) is 4.90 Å². The molecule has 3 fully saturated rings. The van der Waals surface area contributed by atoms with E-state index in [2.05, 4.69) is 4.90 Å². The number of nitrogens with zero attached hydrogens (tertiary/aromatic N) is 1. The molecule has 0 aromatic heterocycles. The van der Waals surface area contributed by atoms with E-state index >= 15 is 0 Å². The predicted octanol–water partition coefficient (Wildman–Crippen LogP) is 1.36. The van der Waals surface area contributed by atoms with Gasteiger partial charge in [0.25, 0.3) is 0 Å². The van der Waals surface area contributed by atoms with E-state index in [9.17, 15) is 0 Å². The fourth-order valence-corrected chi connectivity index (χ4v) is 4.74. The predicted molar refractivity (Wildman–Crippen MR) is 130 cm³/mol. The molecule has 3 aliphatic rings. The number of hydrogen-bond acceptors (Lipinski definition) is 10. The Morgan fingerprint density at radius 1 is 0.833 bits per heavy atom. The Bertz CT molecular complexity index is 727. The van der Waals surface area contributed by atoms with E-state index in [0.29, 0.717) is 46.2 Å². The minimum Gasteiger partial charge on any atom is -0.396 e. The molecule has 1 N–H and O–H groups in total. The minimum absolute atomic E-state index is 0.216. The van der Waals surface area contributed by atoms with Crippen LogP contribution in [0.25, 0.3) is 0 Å². The highest BCUT2D eigenvalue weighted by molar-refractivity contribution is 5.16. The van der Waals surface area contributed by atoms with Crippen LogP contribution in [-0.2, 0) is 37.9 Å². The molecule has 10 heteroatoms. The third-order valence-electron chi connectivity index (χ3n) is 6.65. The SMILES string of the molecule is CO[C@H]1O[C@@H]2CO[C@@H](c3ccccc3)O[C@H]2[C@@H]2OCCOCCN(CCCCO)CCOCCO[C@H]12. The van der Waals surface area contributed by atoms with Crippen LogP contribution in [0.2, 0.25) is 0 Å². The molecule has 0 spiro atoms. The van der Waals surface area contributed by atoms with Crippen molar-refractivity contribution < 1.29 is 43.0 Å². The first kappa shape index (κ1) is 27.8. The van der Waals surface area contributed by atoms with Crippen molar-refractivity contribution in [3.8, 4) is 0 Å². The Morgan fingerprint density at radius 2 is 1.56 bits per heavy atom. The summed E-state index contributed by atoms with van der Waals surface area (Å²) < 4.78 is 48.4. The highest BCUT2D eigenvalue weighted by Crippen LogP contribution is 2.36. The maximum atomic E-state index is 9.07. The van der Waals surface area contributed by atoms with Gasteiger partial charge < -0.3 is 43.0 Å². The van der Waals surface area contributed by atoms with E-state index in [-0.39, 0.29) is 18.8 Å². The molecule has 3 saturated heterocycles. The van der Waals surface area contributed by atoms with E-state index in [1.807, 2.05) is 30.3 Å². The lowest BCUT2D eigenvalue weighted by atomic mass is 9.97. The maximum absolute atomic E-state index is 9.07. The summed E-state index contributed by atoms with van der Waals surface area (Å²) in [5.41, 5.74) is 0.944. The third kappa shape index (κ3) is 7.91. The summed E-state index contributed by atoms with van der Waals surface area (Å²) >= 11 is 0. The lowest BCUT2D eigenvalue weighted by molar-refractivity contribution is -0.368. The highest BCUT2D eigenvalue weighted by atomic mass is 16.8. The molecule has 1 aromatic carbocycles. The molecule has 6 atom stereocenters. The van der Waals surface area contributed by atoms with Crippen molar-refractivity contribution in [1.82, 2.24) is 4.90 Å². The largest absolute Gasteiger partial charge is 0.396 e. The highest BCUT2D eigenvalue weighted by Gasteiger charge is 2.51. The average molecular weight is 512 g/mol. The van der Waals surface area contributed by atoms with Crippen LogP contribution in [0.5, 0.6) is 0 Å². The summed E-state index contributed by atoms with van der Waals surface area (Å²) in [6.07, 6.45) is -1.03. The number of ether oxygens (including phenoxy) is 8. The topological polar surface area (TPSA) is 97.3 Å². The van der Waals surface area contributed by atoms with Gasteiger partial charge in [-0.2, -0.15) is 0 Å². The van der Waals surface area contributed by atoms with Crippen molar-refractivity contribution in [3.63, 3.8) is 0 Å². The van der Waals surface area contributed by atoms with Crippen LogP contribution in [0.3, 0.4) is 0 Å². The molecule has 0 aliphatic carbocycles. The zero-order valence-corrected chi connectivity index (χ0v) is 21.2. The van der Waals surface area contributed by atoms with Crippen molar-refractivity contribution in [3.05, 3.63) is 35.9 Å². The van der Waals surface area contributed by atoms with E-state index in [1.54, 1.807) is 7.11 Å². The molecule has 204 valence electrons. The fraction of sp³-hybridized carbons (Fsp3) is 0.769. The summed E-state index contributed by atoms with van der Waals surface area (Å²) in [5.74, 6) is 0. The molecule has 4 rings (SSSR count). The van der Waals surface area contributed by atoms with Gasteiger partial charge in [0, 0.05) is 32.4 Å². The van der Waals surface area contributed by atoms with Crippen molar-refractivity contribution in [1.29, 1.82) is 0 Å². The molecule has 3 heterocycles. The van der Waals surface area contributed by atoms with Crippen molar-refractivity contribution in [2.45, 2.75) is 49.8 Å². The molecule has 0 bridgehead atoms. The molecule has 10 nitrogen and oxygen atoms in total. The molecular weight excluding hydrogens is 470 g/mol. The molecule has 0 amide bonds. The third-order valence-corrected chi connectivity index (χ3v) is 6.65. The molecule has 0 radical (unpaired) electrons.